The molecule has 2 aliphatic carbocycles. The van der Waals surface area contributed by atoms with Crippen molar-refractivity contribution in [3.63, 3.8) is 0 Å². The van der Waals surface area contributed by atoms with Gasteiger partial charge in [-0.15, -0.1) is 0 Å². The molecule has 2 aliphatic rings. The molecular weight excluding hydrogens is 941 g/mol. The summed E-state index contributed by atoms with van der Waals surface area (Å²) in [6, 6.07) is 108. The highest BCUT2D eigenvalue weighted by Crippen LogP contribution is 2.58. The van der Waals surface area contributed by atoms with Gasteiger partial charge in [-0.3, -0.25) is 0 Å². The summed E-state index contributed by atoms with van der Waals surface area (Å²) < 4.78 is 2.49. The Hall–Kier alpha value is -9.76. The van der Waals surface area contributed by atoms with E-state index in [1.165, 1.54) is 94.1 Å². The highest BCUT2D eigenvalue weighted by Gasteiger charge is 2.46. The van der Waals surface area contributed by atoms with Gasteiger partial charge in [0.2, 0.25) is 0 Å². The fourth-order valence-electron chi connectivity index (χ4n) is 13.5. The average Bonchev–Trinajstić information content (AvgIpc) is 4.11. The molecule has 12 aromatic carbocycles. The second-order valence-corrected chi connectivity index (χ2v) is 21.6. The standard InChI is InChI=1S/C76H54N2/c1-75(2)69-35-19-15-31-62(69)65-44-43-60(50-72(65)75)77(61-46-54(51-23-7-3-8-24-51)45-55(47-61)52-25-9-4-10-26-52)59-41-39-53(40-42-59)67-48-57(49-68-66-34-18-22-38-73(66)78(74(67)68)58-29-13-6-14-30-58)76(56-27-11-5-12-28-56)70-36-20-16-32-63(70)64-33-17-21-37-71(64)76/h3-50H,1-2H3. The van der Waals surface area contributed by atoms with E-state index in [0.717, 1.165) is 39.4 Å². The van der Waals surface area contributed by atoms with Gasteiger partial charge in [-0.05, 0) is 156 Å². The molecule has 0 spiro atoms. The second kappa shape index (κ2) is 17.9. The Kier molecular flexibility index (Phi) is 10.5. The molecule has 78 heavy (non-hydrogen) atoms. The van der Waals surface area contributed by atoms with Crippen LogP contribution in [0, 0.1) is 0 Å². The first-order valence-electron chi connectivity index (χ1n) is 27.2. The van der Waals surface area contributed by atoms with Crippen LogP contribution in [0.25, 0.3) is 83.1 Å². The van der Waals surface area contributed by atoms with Crippen LogP contribution in [0.2, 0.25) is 0 Å². The SMILES string of the molecule is CC1(C)c2ccccc2-c2ccc(N(c3ccc(-c4cc(C5(c6ccccc6)c6ccccc6-c6ccccc65)cc5c6ccccc6n(-c6ccccc6)c45)cc3)c3cc(-c4ccccc4)cc(-c4ccccc4)c3)cc21. The maximum Gasteiger partial charge on any atom is 0.0714 e. The Morgan fingerprint density at radius 1 is 0.295 bits per heavy atom. The molecule has 0 saturated carbocycles. The molecule has 0 unspecified atom stereocenters. The molecule has 0 radical (unpaired) electrons. The average molecular weight is 995 g/mol. The molecule has 13 aromatic rings. The lowest BCUT2D eigenvalue weighted by molar-refractivity contribution is 0.660. The zero-order chi connectivity index (χ0) is 52.0. The number of hydrogen-bond donors (Lipinski definition) is 0. The molecule has 0 N–H and O–H groups in total. The van der Waals surface area contributed by atoms with Crippen molar-refractivity contribution in [2.75, 3.05) is 4.90 Å². The predicted molar refractivity (Wildman–Crippen MR) is 327 cm³/mol. The predicted octanol–water partition coefficient (Wildman–Crippen LogP) is 19.9. The Bertz CT molecular complexity index is 4330. The Balaban J connectivity index is 0.992. The fraction of sp³-hybridized carbons (Fsp3) is 0.0526. The molecule has 1 aromatic heterocycles. The minimum Gasteiger partial charge on any atom is -0.310 e. The van der Waals surface area contributed by atoms with Crippen LogP contribution in [0.3, 0.4) is 0 Å². The Morgan fingerprint density at radius 2 is 0.795 bits per heavy atom. The van der Waals surface area contributed by atoms with Gasteiger partial charge < -0.3 is 9.47 Å². The maximum atomic E-state index is 2.52. The van der Waals surface area contributed by atoms with Crippen molar-refractivity contribution < 1.29 is 0 Å². The summed E-state index contributed by atoms with van der Waals surface area (Å²) in [7, 11) is 0. The van der Waals surface area contributed by atoms with E-state index in [1.54, 1.807) is 0 Å². The number of nitrogens with zero attached hydrogens (tertiary/aromatic N) is 2. The molecule has 0 amide bonds. The van der Waals surface area contributed by atoms with E-state index in [4.69, 9.17) is 0 Å². The van der Waals surface area contributed by atoms with Crippen molar-refractivity contribution in [3.8, 4) is 61.3 Å². The minimum absolute atomic E-state index is 0.177. The van der Waals surface area contributed by atoms with Crippen LogP contribution >= 0.6 is 0 Å². The quantitative estimate of drug-likeness (QED) is 0.140. The topological polar surface area (TPSA) is 8.17 Å². The normalized spacial score (nSPS) is 13.5. The first-order valence-corrected chi connectivity index (χ1v) is 27.2. The van der Waals surface area contributed by atoms with Crippen molar-refractivity contribution in [1.29, 1.82) is 0 Å². The first-order chi connectivity index (χ1) is 38.4. The molecule has 368 valence electrons. The summed E-state index contributed by atoms with van der Waals surface area (Å²) in [4.78, 5) is 2.48. The van der Waals surface area contributed by atoms with Gasteiger partial charge in [-0.1, -0.05) is 232 Å². The number of aromatic nitrogens is 1. The minimum atomic E-state index is -0.592. The van der Waals surface area contributed by atoms with Gasteiger partial charge in [-0.25, -0.2) is 0 Å². The summed E-state index contributed by atoms with van der Waals surface area (Å²) in [6.07, 6.45) is 0. The molecule has 15 rings (SSSR count). The summed E-state index contributed by atoms with van der Waals surface area (Å²) in [5.41, 5.74) is 26.0. The molecule has 0 atom stereocenters. The summed E-state index contributed by atoms with van der Waals surface area (Å²) in [5, 5.41) is 2.44. The third-order valence-electron chi connectivity index (χ3n) is 17.0. The van der Waals surface area contributed by atoms with Crippen molar-refractivity contribution >= 4 is 38.9 Å². The third-order valence-corrected chi connectivity index (χ3v) is 17.0. The maximum absolute atomic E-state index is 2.52. The fourth-order valence-corrected chi connectivity index (χ4v) is 13.5. The second-order valence-electron chi connectivity index (χ2n) is 21.6. The van der Waals surface area contributed by atoms with Crippen LogP contribution < -0.4 is 4.90 Å². The smallest absolute Gasteiger partial charge is 0.0714 e. The first kappa shape index (κ1) is 45.6. The van der Waals surface area contributed by atoms with Crippen molar-refractivity contribution in [2.45, 2.75) is 24.7 Å². The third kappa shape index (κ3) is 6.96. The van der Waals surface area contributed by atoms with Crippen molar-refractivity contribution in [1.82, 2.24) is 4.57 Å². The molecule has 0 bridgehead atoms. The molecule has 0 fully saturated rings. The Labute approximate surface area is 456 Å². The van der Waals surface area contributed by atoms with E-state index in [0.29, 0.717) is 0 Å². The van der Waals surface area contributed by atoms with Crippen LogP contribution in [-0.4, -0.2) is 4.57 Å². The van der Waals surface area contributed by atoms with E-state index >= 15 is 0 Å². The number of fused-ring (bicyclic) bond motifs is 9. The number of benzene rings is 12. The lowest BCUT2D eigenvalue weighted by Gasteiger charge is -2.34. The van der Waals surface area contributed by atoms with E-state index in [2.05, 4.69) is 315 Å². The van der Waals surface area contributed by atoms with E-state index in [1.807, 2.05) is 0 Å². The molecule has 2 nitrogen and oxygen atoms in total. The highest BCUT2D eigenvalue weighted by molar-refractivity contribution is 6.14. The van der Waals surface area contributed by atoms with E-state index in [-0.39, 0.29) is 5.41 Å². The van der Waals surface area contributed by atoms with Gasteiger partial charge in [0, 0.05) is 44.5 Å². The van der Waals surface area contributed by atoms with Crippen LogP contribution in [0.4, 0.5) is 17.1 Å². The zero-order valence-electron chi connectivity index (χ0n) is 43.6. The molecule has 0 saturated heterocycles. The summed E-state index contributed by atoms with van der Waals surface area (Å²) in [5.74, 6) is 0. The van der Waals surface area contributed by atoms with Crippen molar-refractivity contribution in [3.05, 3.63) is 325 Å². The van der Waals surface area contributed by atoms with Gasteiger partial charge >= 0.3 is 0 Å². The monoisotopic (exact) mass is 994 g/mol. The van der Waals surface area contributed by atoms with Crippen LogP contribution in [0.5, 0.6) is 0 Å². The van der Waals surface area contributed by atoms with E-state index in [9.17, 15) is 0 Å². The Morgan fingerprint density at radius 3 is 1.42 bits per heavy atom. The van der Waals surface area contributed by atoms with Crippen LogP contribution in [-0.2, 0) is 10.8 Å². The highest BCUT2D eigenvalue weighted by atomic mass is 15.1. The molecule has 2 heteroatoms. The number of hydrogen-bond acceptors (Lipinski definition) is 1. The lowest BCUT2D eigenvalue weighted by atomic mass is 9.67. The zero-order valence-corrected chi connectivity index (χ0v) is 43.6. The van der Waals surface area contributed by atoms with Gasteiger partial charge in [0.05, 0.1) is 16.4 Å². The molecule has 1 heterocycles. The molecule has 0 aliphatic heterocycles. The largest absolute Gasteiger partial charge is 0.310 e. The summed E-state index contributed by atoms with van der Waals surface area (Å²) in [6.45, 7) is 4.75. The van der Waals surface area contributed by atoms with Gasteiger partial charge in [0.15, 0.2) is 0 Å². The number of rotatable bonds is 9. The van der Waals surface area contributed by atoms with Gasteiger partial charge in [0.1, 0.15) is 0 Å². The van der Waals surface area contributed by atoms with Crippen LogP contribution in [0.15, 0.2) is 291 Å². The number of para-hydroxylation sites is 2. The number of anilines is 3. The van der Waals surface area contributed by atoms with Crippen LogP contribution in [0.1, 0.15) is 47.2 Å². The molecular formula is C76H54N2. The summed E-state index contributed by atoms with van der Waals surface area (Å²) >= 11 is 0. The van der Waals surface area contributed by atoms with Crippen molar-refractivity contribution in [2.24, 2.45) is 0 Å². The van der Waals surface area contributed by atoms with Gasteiger partial charge in [-0.2, -0.15) is 0 Å². The van der Waals surface area contributed by atoms with E-state index < -0.39 is 5.41 Å². The lowest BCUT2D eigenvalue weighted by Crippen LogP contribution is -2.28. The van der Waals surface area contributed by atoms with Gasteiger partial charge in [0.25, 0.3) is 0 Å².